The minimum absolute atomic E-state index is 0.00557. The molecule has 0 amide bonds. The van der Waals surface area contributed by atoms with Gasteiger partial charge in [-0.15, -0.1) is 0 Å². The van der Waals surface area contributed by atoms with Gasteiger partial charge in [0, 0.05) is 13.0 Å². The molecule has 0 radical (unpaired) electrons. The van der Waals surface area contributed by atoms with Gasteiger partial charge < -0.3 is 19.5 Å². The molecule has 0 atom stereocenters. The van der Waals surface area contributed by atoms with E-state index in [4.69, 9.17) is 9.47 Å². The monoisotopic (exact) mass is 766 g/mol. The Morgan fingerprint density at radius 3 is 1.46 bits per heavy atom. The molecule has 0 aliphatic carbocycles. The Morgan fingerprint density at radius 1 is 0.519 bits per heavy atom. The summed E-state index contributed by atoms with van der Waals surface area (Å²) in [5, 5.41) is 9.32. The molecule has 0 fully saturated rings. The molecule has 0 unspecified atom stereocenters. The Hall–Kier alpha value is -1.14. The Balaban J connectivity index is 4.33. The standard InChI is InChI=1S/C48H95NO5/c1-6-9-12-15-18-24-34-43-53-46(51)37-28-22-19-23-30-39-49(41-32-33-42-50)40-31-25-29-38-48(4,5)44-54-47(52)45(35-26-20-16-13-10-7-2)36-27-21-17-14-11-8-3/h45,50H,6-44H2,1-5H3. The number of unbranched alkanes of at least 4 members (excludes halogenated alkanes) is 23. The smallest absolute Gasteiger partial charge is 0.308 e. The second-order valence-electron chi connectivity index (χ2n) is 17.5. The third-order valence-corrected chi connectivity index (χ3v) is 11.3. The predicted molar refractivity (Wildman–Crippen MR) is 232 cm³/mol. The van der Waals surface area contributed by atoms with Crippen LogP contribution in [0.3, 0.4) is 0 Å². The van der Waals surface area contributed by atoms with E-state index in [1.54, 1.807) is 0 Å². The highest BCUT2D eigenvalue weighted by atomic mass is 16.5. The SMILES string of the molecule is CCCCCCCCCOC(=O)CCCCCCCN(CCCCO)CCCCCC(C)(C)COC(=O)C(CCCCCCCC)CCCCCCCC. The maximum Gasteiger partial charge on any atom is 0.308 e. The number of hydrogen-bond donors (Lipinski definition) is 1. The minimum atomic E-state index is -0.0216. The van der Waals surface area contributed by atoms with Crippen LogP contribution in [0.1, 0.15) is 247 Å². The lowest BCUT2D eigenvalue weighted by Crippen LogP contribution is -2.28. The predicted octanol–water partition coefficient (Wildman–Crippen LogP) is 13.9. The molecule has 0 saturated carbocycles. The highest BCUT2D eigenvalue weighted by Gasteiger charge is 2.24. The zero-order chi connectivity index (χ0) is 39.8. The molecule has 0 aromatic rings. The first-order valence-electron chi connectivity index (χ1n) is 23.9. The summed E-state index contributed by atoms with van der Waals surface area (Å²) in [7, 11) is 0. The van der Waals surface area contributed by atoms with Crippen molar-refractivity contribution in [3.63, 3.8) is 0 Å². The molecule has 0 saturated heterocycles. The van der Waals surface area contributed by atoms with E-state index < -0.39 is 0 Å². The topological polar surface area (TPSA) is 76.1 Å². The fraction of sp³-hybridized carbons (Fsp3) is 0.958. The number of rotatable bonds is 43. The number of aliphatic hydroxyl groups is 1. The van der Waals surface area contributed by atoms with Crippen molar-refractivity contribution in [1.29, 1.82) is 0 Å². The normalized spacial score (nSPS) is 11.9. The second kappa shape index (κ2) is 40.1. The average molecular weight is 766 g/mol. The lowest BCUT2D eigenvalue weighted by atomic mass is 9.87. The summed E-state index contributed by atoms with van der Waals surface area (Å²) < 4.78 is 11.5. The van der Waals surface area contributed by atoms with Gasteiger partial charge >= 0.3 is 11.9 Å². The molecule has 0 aromatic heterocycles. The van der Waals surface area contributed by atoms with Gasteiger partial charge in [-0.1, -0.05) is 182 Å². The van der Waals surface area contributed by atoms with Crippen LogP contribution in [0.4, 0.5) is 0 Å². The van der Waals surface area contributed by atoms with Gasteiger partial charge in [0.15, 0.2) is 0 Å². The van der Waals surface area contributed by atoms with Crippen molar-refractivity contribution in [2.45, 2.75) is 247 Å². The van der Waals surface area contributed by atoms with E-state index >= 15 is 0 Å². The molecule has 0 spiro atoms. The summed E-state index contributed by atoms with van der Waals surface area (Å²) in [5.41, 5.74) is 0.00557. The van der Waals surface area contributed by atoms with E-state index in [1.165, 1.54) is 135 Å². The van der Waals surface area contributed by atoms with Gasteiger partial charge in [0.2, 0.25) is 0 Å². The lowest BCUT2D eigenvalue weighted by Gasteiger charge is -2.26. The van der Waals surface area contributed by atoms with Crippen LogP contribution in [-0.4, -0.2) is 61.4 Å². The van der Waals surface area contributed by atoms with E-state index in [0.717, 1.165) is 90.3 Å². The van der Waals surface area contributed by atoms with Crippen molar-refractivity contribution in [3.05, 3.63) is 0 Å². The number of aliphatic hydroxyl groups excluding tert-OH is 1. The maximum atomic E-state index is 13.3. The van der Waals surface area contributed by atoms with Crippen LogP contribution in [0, 0.1) is 11.3 Å². The van der Waals surface area contributed by atoms with E-state index in [9.17, 15) is 14.7 Å². The summed E-state index contributed by atoms with van der Waals surface area (Å²) in [6.45, 7) is 16.0. The fourth-order valence-corrected chi connectivity index (χ4v) is 7.53. The molecule has 0 aliphatic heterocycles. The van der Waals surface area contributed by atoms with Crippen LogP contribution < -0.4 is 0 Å². The van der Waals surface area contributed by atoms with Crippen molar-refractivity contribution >= 4 is 11.9 Å². The van der Waals surface area contributed by atoms with E-state index in [0.29, 0.717) is 19.6 Å². The van der Waals surface area contributed by atoms with Gasteiger partial charge in [-0.2, -0.15) is 0 Å². The van der Waals surface area contributed by atoms with Crippen LogP contribution in [-0.2, 0) is 19.1 Å². The third-order valence-electron chi connectivity index (χ3n) is 11.3. The van der Waals surface area contributed by atoms with Crippen LogP contribution >= 0.6 is 0 Å². The molecule has 0 aromatic carbocycles. The number of carbonyl (C=O) groups excluding carboxylic acids is 2. The van der Waals surface area contributed by atoms with Crippen molar-refractivity contribution in [1.82, 2.24) is 4.90 Å². The number of carbonyl (C=O) groups is 2. The Labute approximate surface area is 337 Å². The van der Waals surface area contributed by atoms with E-state index in [2.05, 4.69) is 39.5 Å². The summed E-state index contributed by atoms with van der Waals surface area (Å²) in [5.74, 6) is 0.107. The fourth-order valence-electron chi connectivity index (χ4n) is 7.53. The molecule has 0 heterocycles. The van der Waals surface area contributed by atoms with Gasteiger partial charge in [-0.25, -0.2) is 0 Å². The molecule has 54 heavy (non-hydrogen) atoms. The Bertz CT molecular complexity index is 786. The summed E-state index contributed by atoms with van der Waals surface area (Å²) in [6, 6.07) is 0. The van der Waals surface area contributed by atoms with Gasteiger partial charge in [0.1, 0.15) is 0 Å². The molecule has 6 heteroatoms. The number of nitrogens with zero attached hydrogens (tertiary/aromatic N) is 1. The Kier molecular flexibility index (Phi) is 39.2. The van der Waals surface area contributed by atoms with Crippen LogP contribution in [0.2, 0.25) is 0 Å². The largest absolute Gasteiger partial charge is 0.466 e. The van der Waals surface area contributed by atoms with Gasteiger partial charge in [0.05, 0.1) is 19.1 Å². The first-order valence-corrected chi connectivity index (χ1v) is 23.9. The van der Waals surface area contributed by atoms with Crippen LogP contribution in [0.25, 0.3) is 0 Å². The Morgan fingerprint density at radius 2 is 0.944 bits per heavy atom. The van der Waals surface area contributed by atoms with Crippen molar-refractivity contribution < 1.29 is 24.2 Å². The average Bonchev–Trinajstić information content (AvgIpc) is 3.16. The summed E-state index contributed by atoms with van der Waals surface area (Å²) >= 11 is 0. The molecule has 6 nitrogen and oxygen atoms in total. The second-order valence-corrected chi connectivity index (χ2v) is 17.5. The zero-order valence-corrected chi connectivity index (χ0v) is 37.2. The van der Waals surface area contributed by atoms with Crippen LogP contribution in [0.15, 0.2) is 0 Å². The molecule has 322 valence electrons. The summed E-state index contributed by atoms with van der Waals surface area (Å²) in [6.07, 6.45) is 38.6. The first kappa shape index (κ1) is 52.9. The van der Waals surface area contributed by atoms with Gasteiger partial charge in [-0.05, 0) is 82.8 Å². The van der Waals surface area contributed by atoms with Crippen molar-refractivity contribution in [2.24, 2.45) is 11.3 Å². The van der Waals surface area contributed by atoms with E-state index in [-0.39, 0.29) is 29.9 Å². The van der Waals surface area contributed by atoms with Crippen molar-refractivity contribution in [3.8, 4) is 0 Å². The van der Waals surface area contributed by atoms with Crippen LogP contribution in [0.5, 0.6) is 0 Å². The molecule has 1 N–H and O–H groups in total. The van der Waals surface area contributed by atoms with Crippen molar-refractivity contribution in [2.75, 3.05) is 39.5 Å². The van der Waals surface area contributed by atoms with Gasteiger partial charge in [0.25, 0.3) is 0 Å². The molecular weight excluding hydrogens is 671 g/mol. The minimum Gasteiger partial charge on any atom is -0.466 e. The number of ether oxygens (including phenoxy) is 2. The maximum absolute atomic E-state index is 13.3. The summed E-state index contributed by atoms with van der Waals surface area (Å²) in [4.78, 5) is 28.0. The third kappa shape index (κ3) is 36.5. The highest BCUT2D eigenvalue weighted by molar-refractivity contribution is 5.72. The zero-order valence-electron chi connectivity index (χ0n) is 37.2. The molecular formula is C48H95NO5. The first-order chi connectivity index (χ1) is 26.3. The van der Waals surface area contributed by atoms with E-state index in [1.807, 2.05) is 0 Å². The quantitative estimate of drug-likeness (QED) is 0.0492. The highest BCUT2D eigenvalue weighted by Crippen LogP contribution is 2.27. The number of hydrogen-bond acceptors (Lipinski definition) is 6. The molecule has 0 bridgehead atoms. The van der Waals surface area contributed by atoms with Gasteiger partial charge in [-0.3, -0.25) is 9.59 Å². The molecule has 0 aliphatic rings. The lowest BCUT2D eigenvalue weighted by molar-refractivity contribution is -0.152. The number of esters is 2. The molecule has 0 rings (SSSR count).